The minimum absolute atomic E-state index is 0.257. The zero-order valence-corrected chi connectivity index (χ0v) is 8.47. The number of rotatable bonds is 3. The van der Waals surface area contributed by atoms with Crippen molar-refractivity contribution in [1.29, 1.82) is 0 Å². The predicted octanol–water partition coefficient (Wildman–Crippen LogP) is 2.99. The third-order valence-corrected chi connectivity index (χ3v) is 1.92. The van der Waals surface area contributed by atoms with E-state index in [1.807, 2.05) is 12.1 Å². The summed E-state index contributed by atoms with van der Waals surface area (Å²) < 4.78 is 12.6. The highest BCUT2D eigenvalue weighted by molar-refractivity contribution is 5.77. The zero-order valence-electron chi connectivity index (χ0n) is 8.47. The standard InChI is InChI=1S/C12H10FN3/c13-10-4-6-11(7-5-10)15-9-16-12-3-1-2-8-14-12/h1-9H,(H,14,15,16). The second kappa shape index (κ2) is 5.02. The first-order valence-electron chi connectivity index (χ1n) is 4.80. The monoisotopic (exact) mass is 215 g/mol. The van der Waals surface area contributed by atoms with E-state index in [1.165, 1.54) is 18.5 Å². The molecule has 16 heavy (non-hydrogen) atoms. The Kier molecular flexibility index (Phi) is 3.23. The molecule has 1 aromatic heterocycles. The SMILES string of the molecule is Fc1ccc(N/C=N/c2ccccn2)cc1. The van der Waals surface area contributed by atoms with Gasteiger partial charge in [-0.05, 0) is 36.4 Å². The first kappa shape index (κ1) is 10.3. The number of nitrogens with zero attached hydrogens (tertiary/aromatic N) is 2. The molecular weight excluding hydrogens is 205 g/mol. The van der Waals surface area contributed by atoms with Gasteiger partial charge in [-0.1, -0.05) is 6.07 Å². The minimum atomic E-state index is -0.257. The van der Waals surface area contributed by atoms with Gasteiger partial charge in [0.15, 0.2) is 5.82 Å². The Hall–Kier alpha value is -2.23. The average Bonchev–Trinajstić information content (AvgIpc) is 2.33. The predicted molar refractivity (Wildman–Crippen MR) is 62.4 cm³/mol. The molecule has 1 N–H and O–H groups in total. The molecular formula is C12H10FN3. The van der Waals surface area contributed by atoms with Gasteiger partial charge in [0, 0.05) is 11.9 Å². The van der Waals surface area contributed by atoms with Gasteiger partial charge in [-0.2, -0.15) is 0 Å². The smallest absolute Gasteiger partial charge is 0.153 e. The van der Waals surface area contributed by atoms with Crippen molar-refractivity contribution in [2.75, 3.05) is 5.32 Å². The lowest BCUT2D eigenvalue weighted by Gasteiger charge is -1.98. The highest BCUT2D eigenvalue weighted by Crippen LogP contribution is 2.08. The van der Waals surface area contributed by atoms with Crippen LogP contribution >= 0.6 is 0 Å². The molecule has 0 aliphatic carbocycles. The third-order valence-electron chi connectivity index (χ3n) is 1.92. The van der Waals surface area contributed by atoms with Crippen molar-refractivity contribution in [3.05, 3.63) is 54.5 Å². The summed E-state index contributed by atoms with van der Waals surface area (Å²) in [6, 6.07) is 11.5. The zero-order chi connectivity index (χ0) is 11.2. The molecule has 1 heterocycles. The Morgan fingerprint density at radius 2 is 1.94 bits per heavy atom. The van der Waals surface area contributed by atoms with E-state index >= 15 is 0 Å². The highest BCUT2D eigenvalue weighted by atomic mass is 19.1. The van der Waals surface area contributed by atoms with Crippen LogP contribution in [0.1, 0.15) is 0 Å². The summed E-state index contributed by atoms with van der Waals surface area (Å²) in [5.41, 5.74) is 0.779. The van der Waals surface area contributed by atoms with Crippen molar-refractivity contribution < 1.29 is 4.39 Å². The van der Waals surface area contributed by atoms with E-state index in [9.17, 15) is 4.39 Å². The highest BCUT2D eigenvalue weighted by Gasteiger charge is 1.90. The number of halogens is 1. The maximum absolute atomic E-state index is 12.6. The summed E-state index contributed by atoms with van der Waals surface area (Å²) in [5.74, 6) is 0.365. The molecule has 80 valence electrons. The maximum Gasteiger partial charge on any atom is 0.153 e. The molecule has 0 bridgehead atoms. The molecule has 3 nitrogen and oxygen atoms in total. The van der Waals surface area contributed by atoms with Crippen molar-refractivity contribution in [3.8, 4) is 0 Å². The van der Waals surface area contributed by atoms with E-state index in [0.29, 0.717) is 5.82 Å². The summed E-state index contributed by atoms with van der Waals surface area (Å²) in [4.78, 5) is 8.11. The second-order valence-corrected chi connectivity index (χ2v) is 3.10. The Bertz CT molecular complexity index is 465. The molecule has 0 spiro atoms. The van der Waals surface area contributed by atoms with E-state index in [4.69, 9.17) is 0 Å². The van der Waals surface area contributed by atoms with Crippen LogP contribution in [0.25, 0.3) is 0 Å². The van der Waals surface area contributed by atoms with Gasteiger partial charge in [0.25, 0.3) is 0 Å². The summed E-state index contributed by atoms with van der Waals surface area (Å²) in [6.07, 6.45) is 3.19. The van der Waals surface area contributed by atoms with Gasteiger partial charge in [0.05, 0.1) is 6.34 Å². The van der Waals surface area contributed by atoms with Crippen LogP contribution in [0.2, 0.25) is 0 Å². The number of anilines is 1. The number of benzene rings is 1. The van der Waals surface area contributed by atoms with E-state index in [-0.39, 0.29) is 5.82 Å². The van der Waals surface area contributed by atoms with E-state index in [1.54, 1.807) is 24.4 Å². The van der Waals surface area contributed by atoms with E-state index < -0.39 is 0 Å². The molecule has 0 amide bonds. The van der Waals surface area contributed by atoms with Gasteiger partial charge in [0.2, 0.25) is 0 Å². The Balaban J connectivity index is 1.97. The van der Waals surface area contributed by atoms with Crippen LogP contribution in [0, 0.1) is 5.82 Å². The molecule has 0 aliphatic heterocycles. The molecule has 0 atom stereocenters. The Morgan fingerprint density at radius 3 is 2.62 bits per heavy atom. The van der Waals surface area contributed by atoms with Crippen LogP contribution in [0.3, 0.4) is 0 Å². The quantitative estimate of drug-likeness (QED) is 0.631. The molecule has 1 aromatic carbocycles. The van der Waals surface area contributed by atoms with Crippen LogP contribution in [0.5, 0.6) is 0 Å². The van der Waals surface area contributed by atoms with Crippen LogP contribution in [0.15, 0.2) is 53.7 Å². The molecule has 0 aliphatic rings. The first-order valence-corrected chi connectivity index (χ1v) is 4.80. The lowest BCUT2D eigenvalue weighted by Crippen LogP contribution is -1.94. The number of nitrogens with one attached hydrogen (secondary N) is 1. The van der Waals surface area contributed by atoms with Gasteiger partial charge in [-0.3, -0.25) is 0 Å². The molecule has 0 saturated carbocycles. The van der Waals surface area contributed by atoms with Gasteiger partial charge >= 0.3 is 0 Å². The van der Waals surface area contributed by atoms with Crippen LogP contribution in [0.4, 0.5) is 15.9 Å². The Labute approximate surface area is 92.7 Å². The fourth-order valence-electron chi connectivity index (χ4n) is 1.15. The van der Waals surface area contributed by atoms with Crippen LogP contribution in [-0.4, -0.2) is 11.3 Å². The van der Waals surface area contributed by atoms with Crippen molar-refractivity contribution in [3.63, 3.8) is 0 Å². The molecule has 0 fully saturated rings. The number of aromatic nitrogens is 1. The summed E-state index contributed by atoms with van der Waals surface area (Å²) in [7, 11) is 0. The summed E-state index contributed by atoms with van der Waals surface area (Å²) >= 11 is 0. The fraction of sp³-hybridized carbons (Fsp3) is 0. The topological polar surface area (TPSA) is 37.3 Å². The summed E-state index contributed by atoms with van der Waals surface area (Å²) in [5, 5.41) is 2.92. The largest absolute Gasteiger partial charge is 0.346 e. The van der Waals surface area contributed by atoms with Crippen molar-refractivity contribution in [2.24, 2.45) is 4.99 Å². The minimum Gasteiger partial charge on any atom is -0.346 e. The Morgan fingerprint density at radius 1 is 1.12 bits per heavy atom. The molecule has 0 saturated heterocycles. The molecule has 2 aromatic rings. The fourth-order valence-corrected chi connectivity index (χ4v) is 1.15. The summed E-state index contributed by atoms with van der Waals surface area (Å²) in [6.45, 7) is 0. The average molecular weight is 215 g/mol. The van der Waals surface area contributed by atoms with E-state index in [0.717, 1.165) is 5.69 Å². The van der Waals surface area contributed by atoms with Crippen LogP contribution in [-0.2, 0) is 0 Å². The lowest BCUT2D eigenvalue weighted by molar-refractivity contribution is 0.628. The van der Waals surface area contributed by atoms with Crippen molar-refractivity contribution >= 4 is 17.8 Å². The molecule has 4 heteroatoms. The van der Waals surface area contributed by atoms with Crippen molar-refractivity contribution in [1.82, 2.24) is 4.98 Å². The number of aliphatic imine (C=N–C) groups is 1. The lowest BCUT2D eigenvalue weighted by atomic mass is 10.3. The maximum atomic E-state index is 12.6. The number of pyridine rings is 1. The third kappa shape index (κ3) is 2.88. The van der Waals surface area contributed by atoms with Crippen molar-refractivity contribution in [2.45, 2.75) is 0 Å². The van der Waals surface area contributed by atoms with Crippen LogP contribution < -0.4 is 5.32 Å². The van der Waals surface area contributed by atoms with Gasteiger partial charge in [0.1, 0.15) is 5.82 Å². The normalized spacial score (nSPS) is 10.6. The second-order valence-electron chi connectivity index (χ2n) is 3.10. The van der Waals surface area contributed by atoms with Gasteiger partial charge in [-0.25, -0.2) is 14.4 Å². The molecule has 2 rings (SSSR count). The molecule has 0 radical (unpaired) electrons. The number of hydrogen-bond acceptors (Lipinski definition) is 2. The van der Waals surface area contributed by atoms with E-state index in [2.05, 4.69) is 15.3 Å². The number of hydrogen-bond donors (Lipinski definition) is 1. The first-order chi connectivity index (χ1) is 7.84. The van der Waals surface area contributed by atoms with Gasteiger partial charge in [-0.15, -0.1) is 0 Å². The molecule has 0 unspecified atom stereocenters. The van der Waals surface area contributed by atoms with Gasteiger partial charge < -0.3 is 5.32 Å².